The standard InChI is InChI=1S/C64H43N3/c1-5-19-42(20-6-1)47-35-48(43-21-7-2-8-22-43)38-51(37-47)62-65-61(66-63(67-62)52-39-49(44-23-9-3-10-24-44)36-50(40-52)45-25-11-4-12-26-45)46-33-34-56-55-29-15-18-32-59(55)64(60(56)41-46)57-30-16-13-27-53(57)54-28-14-17-31-58(54)64/h1-40,46H,41H2. The second kappa shape index (κ2) is 15.9. The molecular weight excluding hydrogens is 811 g/mol. The summed E-state index contributed by atoms with van der Waals surface area (Å²) in [6.45, 7) is 0. The molecule has 3 aliphatic rings. The van der Waals surface area contributed by atoms with Crippen LogP contribution >= 0.6 is 0 Å². The van der Waals surface area contributed by atoms with Crippen LogP contribution in [-0.4, -0.2) is 15.0 Å². The van der Waals surface area contributed by atoms with E-state index in [0.29, 0.717) is 11.6 Å². The molecule has 0 fully saturated rings. The Kier molecular flexibility index (Phi) is 9.21. The number of rotatable bonds is 7. The molecule has 67 heavy (non-hydrogen) atoms. The van der Waals surface area contributed by atoms with Gasteiger partial charge in [-0.05, 0) is 132 Å². The Morgan fingerprint density at radius 1 is 0.328 bits per heavy atom. The fraction of sp³-hybridized carbons (Fsp3) is 0.0469. The van der Waals surface area contributed by atoms with Gasteiger partial charge in [-0.2, -0.15) is 0 Å². The van der Waals surface area contributed by atoms with Crippen LogP contribution in [0.25, 0.3) is 84.0 Å². The summed E-state index contributed by atoms with van der Waals surface area (Å²) < 4.78 is 0. The van der Waals surface area contributed by atoms with Crippen molar-refractivity contribution in [3.05, 3.63) is 276 Å². The first-order chi connectivity index (χ1) is 33.2. The molecule has 0 radical (unpaired) electrons. The molecule has 1 atom stereocenters. The summed E-state index contributed by atoms with van der Waals surface area (Å²) in [7, 11) is 0. The predicted octanol–water partition coefficient (Wildman–Crippen LogP) is 15.7. The van der Waals surface area contributed by atoms with Gasteiger partial charge in [-0.1, -0.05) is 206 Å². The van der Waals surface area contributed by atoms with Crippen molar-refractivity contribution in [2.75, 3.05) is 0 Å². The minimum atomic E-state index is -0.427. The van der Waals surface area contributed by atoms with E-state index in [0.717, 1.165) is 67.9 Å². The maximum atomic E-state index is 5.55. The molecule has 0 N–H and O–H groups in total. The molecule has 3 heteroatoms. The van der Waals surface area contributed by atoms with Crippen molar-refractivity contribution in [2.45, 2.75) is 17.8 Å². The molecule has 0 saturated heterocycles. The Morgan fingerprint density at radius 3 is 1.09 bits per heavy atom. The van der Waals surface area contributed by atoms with Gasteiger partial charge >= 0.3 is 0 Å². The summed E-state index contributed by atoms with van der Waals surface area (Å²) in [5, 5.41) is 0. The van der Waals surface area contributed by atoms with Gasteiger partial charge in [-0.15, -0.1) is 0 Å². The molecule has 0 amide bonds. The quantitative estimate of drug-likeness (QED) is 0.160. The minimum Gasteiger partial charge on any atom is -0.212 e. The molecule has 1 unspecified atom stereocenters. The van der Waals surface area contributed by atoms with Crippen LogP contribution in [0.4, 0.5) is 0 Å². The van der Waals surface area contributed by atoms with Crippen molar-refractivity contribution in [1.82, 2.24) is 15.0 Å². The summed E-state index contributed by atoms with van der Waals surface area (Å²) in [6.07, 6.45) is 5.46. The molecule has 10 aromatic rings. The summed E-state index contributed by atoms with van der Waals surface area (Å²) in [5.41, 5.74) is 21.1. The van der Waals surface area contributed by atoms with Crippen molar-refractivity contribution >= 4 is 5.57 Å². The van der Waals surface area contributed by atoms with Crippen molar-refractivity contribution < 1.29 is 0 Å². The van der Waals surface area contributed by atoms with Crippen LogP contribution in [0, 0.1) is 0 Å². The highest BCUT2D eigenvalue weighted by Gasteiger charge is 2.53. The third kappa shape index (κ3) is 6.46. The Morgan fingerprint density at radius 2 is 0.672 bits per heavy atom. The predicted molar refractivity (Wildman–Crippen MR) is 274 cm³/mol. The van der Waals surface area contributed by atoms with Crippen molar-refractivity contribution in [1.29, 1.82) is 0 Å². The van der Waals surface area contributed by atoms with E-state index in [2.05, 4.69) is 243 Å². The zero-order valence-electron chi connectivity index (χ0n) is 36.7. The topological polar surface area (TPSA) is 38.7 Å². The average molecular weight is 854 g/mol. The molecule has 1 aromatic heterocycles. The Balaban J connectivity index is 1.03. The SMILES string of the molecule is C1=CC(c2nc(-c3cc(-c4ccccc4)cc(-c4ccccc4)c3)nc(-c3cc(-c4ccccc4)cc(-c4ccccc4)c3)n2)CC2=C1c1ccccc1C21c2ccccc2-c2ccccc21. The maximum Gasteiger partial charge on any atom is 0.163 e. The Labute approximate surface area is 391 Å². The van der Waals surface area contributed by atoms with Gasteiger partial charge in [-0.3, -0.25) is 0 Å². The Bertz CT molecular complexity index is 3290. The number of allylic oxidation sites excluding steroid dienone is 4. The van der Waals surface area contributed by atoms with Gasteiger partial charge in [0.15, 0.2) is 11.6 Å². The first-order valence-electron chi connectivity index (χ1n) is 23.2. The monoisotopic (exact) mass is 853 g/mol. The minimum absolute atomic E-state index is 0.123. The van der Waals surface area contributed by atoms with E-state index in [4.69, 9.17) is 15.0 Å². The summed E-state index contributed by atoms with van der Waals surface area (Å²) in [4.78, 5) is 16.6. The molecular formula is C64H43N3. The van der Waals surface area contributed by atoms with E-state index in [1.165, 1.54) is 44.5 Å². The largest absolute Gasteiger partial charge is 0.212 e. The summed E-state index contributed by atoms with van der Waals surface area (Å²) in [5.74, 6) is 1.93. The highest BCUT2D eigenvalue weighted by atomic mass is 15.0. The lowest BCUT2D eigenvalue weighted by Gasteiger charge is -2.34. The number of aromatic nitrogens is 3. The van der Waals surface area contributed by atoms with Crippen LogP contribution in [0.1, 0.15) is 40.4 Å². The highest BCUT2D eigenvalue weighted by Crippen LogP contribution is 2.64. The van der Waals surface area contributed by atoms with Gasteiger partial charge in [0.05, 0.1) is 5.41 Å². The zero-order chi connectivity index (χ0) is 44.3. The fourth-order valence-electron chi connectivity index (χ4n) is 11.1. The molecule has 3 aliphatic carbocycles. The highest BCUT2D eigenvalue weighted by molar-refractivity contribution is 5.97. The van der Waals surface area contributed by atoms with Crippen LogP contribution in [0.15, 0.2) is 248 Å². The molecule has 9 aromatic carbocycles. The average Bonchev–Trinajstić information content (AvgIpc) is 3.88. The van der Waals surface area contributed by atoms with Crippen molar-refractivity contribution in [3.63, 3.8) is 0 Å². The van der Waals surface area contributed by atoms with Crippen LogP contribution in [-0.2, 0) is 5.41 Å². The van der Waals surface area contributed by atoms with Gasteiger partial charge in [-0.25, -0.2) is 15.0 Å². The maximum absolute atomic E-state index is 5.55. The number of nitrogens with zero attached hydrogens (tertiary/aromatic N) is 3. The third-order valence-electron chi connectivity index (χ3n) is 14.1. The third-order valence-corrected chi connectivity index (χ3v) is 14.1. The Hall–Kier alpha value is -8.53. The van der Waals surface area contributed by atoms with Gasteiger partial charge in [0, 0.05) is 17.0 Å². The van der Waals surface area contributed by atoms with E-state index < -0.39 is 5.41 Å². The van der Waals surface area contributed by atoms with E-state index in [1.807, 2.05) is 0 Å². The second-order valence-electron chi connectivity index (χ2n) is 17.9. The number of benzene rings is 9. The van der Waals surface area contributed by atoms with Crippen molar-refractivity contribution in [3.8, 4) is 78.4 Å². The number of fused-ring (bicyclic) bond motifs is 9. The smallest absolute Gasteiger partial charge is 0.163 e. The number of hydrogen-bond acceptors (Lipinski definition) is 3. The van der Waals surface area contributed by atoms with Crippen LogP contribution in [0.5, 0.6) is 0 Å². The van der Waals surface area contributed by atoms with E-state index >= 15 is 0 Å². The normalized spacial score (nSPS) is 15.0. The molecule has 0 saturated carbocycles. The lowest BCUT2D eigenvalue weighted by atomic mass is 9.67. The first-order valence-corrected chi connectivity index (χ1v) is 23.2. The van der Waals surface area contributed by atoms with E-state index in [-0.39, 0.29) is 5.92 Å². The summed E-state index contributed by atoms with van der Waals surface area (Å²) >= 11 is 0. The van der Waals surface area contributed by atoms with Crippen LogP contribution in [0.3, 0.4) is 0 Å². The van der Waals surface area contributed by atoms with Gasteiger partial charge in [0.2, 0.25) is 0 Å². The van der Waals surface area contributed by atoms with Crippen LogP contribution < -0.4 is 0 Å². The van der Waals surface area contributed by atoms with E-state index in [9.17, 15) is 0 Å². The fourth-order valence-corrected chi connectivity index (χ4v) is 11.1. The lowest BCUT2D eigenvalue weighted by Crippen LogP contribution is -2.29. The lowest BCUT2D eigenvalue weighted by molar-refractivity contribution is 0.657. The molecule has 314 valence electrons. The molecule has 0 bridgehead atoms. The number of hydrogen-bond donors (Lipinski definition) is 0. The molecule has 0 aliphatic heterocycles. The van der Waals surface area contributed by atoms with Gasteiger partial charge in [0.25, 0.3) is 0 Å². The molecule has 1 spiro atoms. The molecule has 3 nitrogen and oxygen atoms in total. The second-order valence-corrected chi connectivity index (χ2v) is 17.9. The van der Waals surface area contributed by atoms with Gasteiger partial charge in [0.1, 0.15) is 5.82 Å². The van der Waals surface area contributed by atoms with Crippen LogP contribution in [0.2, 0.25) is 0 Å². The van der Waals surface area contributed by atoms with E-state index in [1.54, 1.807) is 0 Å². The molecule has 13 rings (SSSR count). The van der Waals surface area contributed by atoms with Gasteiger partial charge < -0.3 is 0 Å². The molecule has 1 heterocycles. The first kappa shape index (κ1) is 38.9. The zero-order valence-corrected chi connectivity index (χ0v) is 36.7. The van der Waals surface area contributed by atoms with Crippen molar-refractivity contribution in [2.24, 2.45) is 0 Å². The summed E-state index contributed by atoms with van der Waals surface area (Å²) in [6, 6.07) is 83.0.